The highest BCUT2D eigenvalue weighted by Crippen LogP contribution is 2.60. The Morgan fingerprint density at radius 1 is 1.29 bits per heavy atom. The van der Waals surface area contributed by atoms with E-state index in [4.69, 9.17) is 4.74 Å². The maximum atomic E-state index is 13.0. The Morgan fingerprint density at radius 2 is 2.10 bits per heavy atom. The first-order valence-electron chi connectivity index (χ1n) is 7.60. The zero-order valence-corrected chi connectivity index (χ0v) is 12.3. The van der Waals surface area contributed by atoms with E-state index in [1.807, 2.05) is 6.92 Å². The Bertz CT molecular complexity index is 688. The summed E-state index contributed by atoms with van der Waals surface area (Å²) in [6.07, 6.45) is 5.18. The molecule has 1 aromatic rings. The van der Waals surface area contributed by atoms with Gasteiger partial charge in [-0.05, 0) is 30.7 Å². The largest absolute Gasteiger partial charge is 0.493 e. The summed E-state index contributed by atoms with van der Waals surface area (Å²) < 4.78 is 5.59. The summed E-state index contributed by atoms with van der Waals surface area (Å²) in [4.78, 5) is 26.0. The number of hydrogen-bond donors (Lipinski definition) is 0. The quantitative estimate of drug-likeness (QED) is 0.782. The van der Waals surface area contributed by atoms with Gasteiger partial charge in [-0.3, -0.25) is 9.59 Å². The Hall–Kier alpha value is -1.90. The summed E-state index contributed by atoms with van der Waals surface area (Å²) in [5.74, 6) is 0.594. The summed E-state index contributed by atoms with van der Waals surface area (Å²) in [6.45, 7) is 4.49. The van der Waals surface area contributed by atoms with Crippen molar-refractivity contribution in [2.75, 3.05) is 6.61 Å². The smallest absolute Gasteiger partial charge is 0.171 e. The third-order valence-corrected chi connectivity index (χ3v) is 5.35. The van der Waals surface area contributed by atoms with E-state index in [0.717, 1.165) is 6.42 Å². The Morgan fingerprint density at radius 3 is 2.86 bits per heavy atom. The summed E-state index contributed by atoms with van der Waals surface area (Å²) in [5, 5.41) is 0. The van der Waals surface area contributed by atoms with Crippen molar-refractivity contribution < 1.29 is 14.3 Å². The van der Waals surface area contributed by atoms with Crippen molar-refractivity contribution in [1.82, 2.24) is 0 Å². The van der Waals surface area contributed by atoms with Crippen LogP contribution in [0, 0.1) is 23.2 Å². The Labute approximate surface area is 124 Å². The molecule has 0 aliphatic heterocycles. The van der Waals surface area contributed by atoms with Crippen LogP contribution in [0.25, 0.3) is 0 Å². The minimum atomic E-state index is -0.193. The molecule has 3 aliphatic rings. The third kappa shape index (κ3) is 1.49. The van der Waals surface area contributed by atoms with Gasteiger partial charge in [0.1, 0.15) is 5.75 Å². The molecule has 4 unspecified atom stereocenters. The summed E-state index contributed by atoms with van der Waals surface area (Å²) in [5.41, 5.74) is 0.908. The van der Waals surface area contributed by atoms with E-state index >= 15 is 0 Å². The van der Waals surface area contributed by atoms with Gasteiger partial charge in [-0.1, -0.05) is 31.2 Å². The lowest BCUT2D eigenvalue weighted by molar-refractivity contribution is 0.0673. The Kier molecular flexibility index (Phi) is 2.48. The molecule has 3 heteroatoms. The van der Waals surface area contributed by atoms with Crippen molar-refractivity contribution in [3.05, 3.63) is 41.5 Å². The van der Waals surface area contributed by atoms with E-state index < -0.39 is 0 Å². The van der Waals surface area contributed by atoms with E-state index in [1.165, 1.54) is 0 Å². The van der Waals surface area contributed by atoms with Gasteiger partial charge in [0.15, 0.2) is 11.6 Å². The predicted octanol–water partition coefficient (Wildman–Crippen LogP) is 3.29. The number of Topliss-reactive ketones (excluding diaryl/α,β-unsaturated/α-hetero) is 2. The number of fused-ring (bicyclic) bond motifs is 6. The van der Waals surface area contributed by atoms with Crippen LogP contribution in [0.2, 0.25) is 0 Å². The van der Waals surface area contributed by atoms with Crippen molar-refractivity contribution in [3.8, 4) is 5.75 Å². The number of benzene rings is 1. The topological polar surface area (TPSA) is 43.4 Å². The lowest BCUT2D eigenvalue weighted by Gasteiger charge is -2.36. The van der Waals surface area contributed by atoms with Crippen molar-refractivity contribution >= 4 is 11.6 Å². The van der Waals surface area contributed by atoms with Crippen LogP contribution in [0.4, 0.5) is 0 Å². The second kappa shape index (κ2) is 4.06. The first-order valence-corrected chi connectivity index (χ1v) is 7.60. The number of rotatable bonds is 2. The van der Waals surface area contributed by atoms with Crippen LogP contribution >= 0.6 is 0 Å². The number of hydrogen-bond acceptors (Lipinski definition) is 3. The lowest BCUT2D eigenvalue weighted by atomic mass is 9.65. The maximum Gasteiger partial charge on any atom is 0.171 e. The van der Waals surface area contributed by atoms with Crippen LogP contribution in [-0.4, -0.2) is 18.2 Å². The molecule has 21 heavy (non-hydrogen) atoms. The molecular formula is C18H18O3. The van der Waals surface area contributed by atoms with Crippen LogP contribution < -0.4 is 4.74 Å². The molecule has 4 rings (SSSR count). The predicted molar refractivity (Wildman–Crippen MR) is 78.6 cm³/mol. The molecule has 1 aromatic carbocycles. The molecule has 0 N–H and O–H groups in total. The zero-order chi connectivity index (χ0) is 14.8. The molecule has 0 aromatic heterocycles. The van der Waals surface area contributed by atoms with E-state index in [1.54, 1.807) is 18.2 Å². The van der Waals surface area contributed by atoms with Crippen LogP contribution in [0.15, 0.2) is 30.4 Å². The maximum absolute atomic E-state index is 13.0. The number of carbonyl (C=O) groups is 2. The fourth-order valence-corrected chi connectivity index (χ4v) is 4.53. The SMILES string of the molecule is CCOc1cccc2c1C(=O)C1C3C=CC(C)(C3)C1C2=O. The van der Waals surface area contributed by atoms with Gasteiger partial charge in [-0.25, -0.2) is 0 Å². The normalized spacial score (nSPS) is 35.8. The van der Waals surface area contributed by atoms with Gasteiger partial charge >= 0.3 is 0 Å². The van der Waals surface area contributed by atoms with Crippen molar-refractivity contribution in [1.29, 1.82) is 0 Å². The minimum absolute atomic E-state index is 0.0942. The second-order valence-corrected chi connectivity index (χ2v) is 6.58. The highest BCUT2D eigenvalue weighted by atomic mass is 16.5. The summed E-state index contributed by atoms with van der Waals surface area (Å²) in [6, 6.07) is 5.37. The van der Waals surface area contributed by atoms with E-state index in [9.17, 15) is 9.59 Å². The molecule has 4 atom stereocenters. The van der Waals surface area contributed by atoms with Crippen LogP contribution in [0.5, 0.6) is 5.75 Å². The van der Waals surface area contributed by atoms with Gasteiger partial charge in [0.05, 0.1) is 12.2 Å². The zero-order valence-electron chi connectivity index (χ0n) is 12.3. The molecule has 1 fully saturated rings. The number of carbonyl (C=O) groups excluding carboxylic acids is 2. The number of ether oxygens (including phenoxy) is 1. The average molecular weight is 282 g/mol. The molecular weight excluding hydrogens is 264 g/mol. The van der Waals surface area contributed by atoms with E-state index in [2.05, 4.69) is 19.1 Å². The molecule has 108 valence electrons. The number of allylic oxidation sites excluding steroid dienone is 2. The highest BCUT2D eigenvalue weighted by molar-refractivity contribution is 6.18. The first kappa shape index (κ1) is 12.8. The molecule has 2 bridgehead atoms. The summed E-state index contributed by atoms with van der Waals surface area (Å²) in [7, 11) is 0. The fourth-order valence-electron chi connectivity index (χ4n) is 4.53. The number of ketones is 2. The monoisotopic (exact) mass is 282 g/mol. The first-order chi connectivity index (χ1) is 10.1. The molecule has 0 spiro atoms. The van der Waals surface area contributed by atoms with Gasteiger partial charge < -0.3 is 4.74 Å². The van der Waals surface area contributed by atoms with Gasteiger partial charge in [0.2, 0.25) is 0 Å². The highest BCUT2D eigenvalue weighted by Gasteiger charge is 2.60. The average Bonchev–Trinajstić information content (AvgIpc) is 2.98. The van der Waals surface area contributed by atoms with E-state index in [-0.39, 0.29) is 34.7 Å². The lowest BCUT2D eigenvalue weighted by Crippen LogP contribution is -2.42. The van der Waals surface area contributed by atoms with Crippen molar-refractivity contribution in [2.24, 2.45) is 23.2 Å². The fraction of sp³-hybridized carbons (Fsp3) is 0.444. The minimum Gasteiger partial charge on any atom is -0.493 e. The van der Waals surface area contributed by atoms with Gasteiger partial charge in [0.25, 0.3) is 0 Å². The third-order valence-electron chi connectivity index (χ3n) is 5.35. The van der Waals surface area contributed by atoms with Crippen LogP contribution in [0.3, 0.4) is 0 Å². The Balaban J connectivity index is 1.91. The summed E-state index contributed by atoms with van der Waals surface area (Å²) >= 11 is 0. The van der Waals surface area contributed by atoms with Crippen LogP contribution in [-0.2, 0) is 0 Å². The molecule has 3 aliphatic carbocycles. The van der Waals surface area contributed by atoms with Gasteiger partial charge in [0, 0.05) is 17.4 Å². The van der Waals surface area contributed by atoms with Gasteiger partial charge in [-0.2, -0.15) is 0 Å². The van der Waals surface area contributed by atoms with Crippen molar-refractivity contribution in [2.45, 2.75) is 20.3 Å². The van der Waals surface area contributed by atoms with Crippen molar-refractivity contribution in [3.63, 3.8) is 0 Å². The molecule has 3 nitrogen and oxygen atoms in total. The molecule has 0 heterocycles. The van der Waals surface area contributed by atoms with Gasteiger partial charge in [-0.15, -0.1) is 0 Å². The standard InChI is InChI=1S/C18H18O3/c1-3-21-12-6-4-5-11-14(12)17(20)13-10-7-8-18(2,9-10)15(13)16(11)19/h4-8,10,13,15H,3,9H2,1-2H3. The molecule has 0 radical (unpaired) electrons. The molecule has 1 saturated carbocycles. The molecule has 0 amide bonds. The second-order valence-electron chi connectivity index (χ2n) is 6.58. The van der Waals surface area contributed by atoms with Crippen LogP contribution in [0.1, 0.15) is 41.0 Å². The van der Waals surface area contributed by atoms with E-state index in [0.29, 0.717) is 23.5 Å². The molecule has 0 saturated heterocycles.